The maximum Gasteiger partial charge on any atom is 0.169 e. The minimum Gasteiger partial charge on any atom is -0.390 e. The molecule has 0 saturated carbocycles. The molecule has 1 atom stereocenters. The Morgan fingerprint density at radius 2 is 1.95 bits per heavy atom. The van der Waals surface area contributed by atoms with E-state index in [4.69, 9.17) is 11.6 Å². The summed E-state index contributed by atoms with van der Waals surface area (Å²) in [6.45, 7) is 0.195. The number of rotatable bonds is 7. The second-order valence-electron chi connectivity index (χ2n) is 4.96. The highest BCUT2D eigenvalue weighted by atomic mass is 35.5. The van der Waals surface area contributed by atoms with E-state index in [1.54, 1.807) is 0 Å². The second kappa shape index (κ2) is 7.92. The summed E-state index contributed by atoms with van der Waals surface area (Å²) in [5.74, 6) is -0.574. The van der Waals surface area contributed by atoms with Gasteiger partial charge >= 0.3 is 0 Å². The molecule has 0 aliphatic carbocycles. The van der Waals surface area contributed by atoms with Crippen molar-refractivity contribution in [3.8, 4) is 0 Å². The van der Waals surface area contributed by atoms with Crippen molar-refractivity contribution in [3.63, 3.8) is 0 Å². The molecule has 0 radical (unpaired) electrons. The predicted octanol–water partition coefficient (Wildman–Crippen LogP) is 3.26. The van der Waals surface area contributed by atoms with E-state index in [9.17, 15) is 14.3 Å². The molecule has 2 rings (SSSR count). The number of benzene rings is 2. The molecule has 22 heavy (non-hydrogen) atoms. The number of nitrogens with one attached hydrogen (secondary N) is 1. The number of halogens is 2. The Bertz CT molecular complexity index is 634. The summed E-state index contributed by atoms with van der Waals surface area (Å²) >= 11 is 5.54. The zero-order valence-corrected chi connectivity index (χ0v) is 12.7. The molecule has 0 spiro atoms. The van der Waals surface area contributed by atoms with Crippen LogP contribution in [0.2, 0.25) is 0 Å². The molecule has 0 aromatic heterocycles. The highest BCUT2D eigenvalue weighted by molar-refractivity contribution is 6.18. The van der Waals surface area contributed by atoms with Crippen molar-refractivity contribution in [2.75, 3.05) is 17.7 Å². The Morgan fingerprint density at radius 3 is 2.64 bits per heavy atom. The van der Waals surface area contributed by atoms with E-state index in [1.807, 2.05) is 30.3 Å². The van der Waals surface area contributed by atoms with E-state index in [0.717, 1.165) is 5.56 Å². The van der Waals surface area contributed by atoms with Crippen molar-refractivity contribution >= 4 is 23.1 Å². The average molecular weight is 322 g/mol. The number of anilines is 1. The van der Waals surface area contributed by atoms with Crippen LogP contribution in [0.15, 0.2) is 48.5 Å². The number of aliphatic hydroxyl groups excluding tert-OH is 1. The summed E-state index contributed by atoms with van der Waals surface area (Å²) < 4.78 is 13.5. The number of ketones is 1. The van der Waals surface area contributed by atoms with Gasteiger partial charge in [0.2, 0.25) is 0 Å². The van der Waals surface area contributed by atoms with Crippen molar-refractivity contribution in [3.05, 3.63) is 65.5 Å². The van der Waals surface area contributed by atoms with E-state index in [-0.39, 0.29) is 30.2 Å². The van der Waals surface area contributed by atoms with Gasteiger partial charge in [0.1, 0.15) is 5.82 Å². The van der Waals surface area contributed by atoms with Crippen LogP contribution in [0, 0.1) is 5.82 Å². The lowest BCUT2D eigenvalue weighted by molar-refractivity contribution is 0.0993. The lowest BCUT2D eigenvalue weighted by atomic mass is 10.0. The Hall–Kier alpha value is -1.91. The summed E-state index contributed by atoms with van der Waals surface area (Å²) in [4.78, 5) is 12.4. The molecule has 3 nitrogen and oxygen atoms in total. The Balaban J connectivity index is 2.17. The maximum absolute atomic E-state index is 13.5. The Labute approximate surface area is 133 Å². The zero-order chi connectivity index (χ0) is 15.9. The molecule has 0 bridgehead atoms. The molecule has 0 heterocycles. The van der Waals surface area contributed by atoms with Gasteiger partial charge in [-0.3, -0.25) is 4.79 Å². The first-order chi connectivity index (χ1) is 10.6. The molecular weight excluding hydrogens is 305 g/mol. The van der Waals surface area contributed by atoms with Gasteiger partial charge in [0, 0.05) is 24.2 Å². The molecule has 0 aliphatic heterocycles. The standard InChI is InChI=1S/C17H17ClFNO2/c18-10-14(21)11-20-16-7-6-13(19)9-15(16)17(22)8-12-4-2-1-3-5-12/h1-7,9,14,20-21H,8,10-11H2. The molecule has 1 unspecified atom stereocenters. The minimum atomic E-state index is -0.733. The third kappa shape index (κ3) is 4.55. The monoisotopic (exact) mass is 321 g/mol. The van der Waals surface area contributed by atoms with Crippen LogP contribution < -0.4 is 5.32 Å². The SMILES string of the molecule is O=C(Cc1ccccc1)c1cc(F)ccc1NCC(O)CCl. The fraction of sp³-hybridized carbons (Fsp3) is 0.235. The van der Waals surface area contributed by atoms with Crippen LogP contribution in [0.5, 0.6) is 0 Å². The van der Waals surface area contributed by atoms with Gasteiger partial charge < -0.3 is 10.4 Å². The normalized spacial score (nSPS) is 12.0. The second-order valence-corrected chi connectivity index (χ2v) is 5.27. The predicted molar refractivity (Wildman–Crippen MR) is 86.1 cm³/mol. The fourth-order valence-electron chi connectivity index (χ4n) is 2.06. The maximum atomic E-state index is 13.5. The molecule has 116 valence electrons. The molecule has 2 aromatic carbocycles. The molecule has 2 N–H and O–H groups in total. The van der Waals surface area contributed by atoms with Crippen LogP contribution in [-0.4, -0.2) is 29.4 Å². The quantitative estimate of drug-likeness (QED) is 0.608. The zero-order valence-electron chi connectivity index (χ0n) is 11.9. The average Bonchev–Trinajstić information content (AvgIpc) is 2.54. The van der Waals surface area contributed by atoms with Gasteiger partial charge in [-0.1, -0.05) is 30.3 Å². The number of aliphatic hydroxyl groups is 1. The summed E-state index contributed by atoms with van der Waals surface area (Å²) in [6, 6.07) is 13.2. The number of hydrogen-bond acceptors (Lipinski definition) is 3. The van der Waals surface area contributed by atoms with E-state index in [2.05, 4.69) is 5.32 Å². The van der Waals surface area contributed by atoms with Gasteiger partial charge in [-0.05, 0) is 23.8 Å². The van der Waals surface area contributed by atoms with Crippen LogP contribution >= 0.6 is 11.6 Å². The van der Waals surface area contributed by atoms with Crippen molar-refractivity contribution in [2.24, 2.45) is 0 Å². The van der Waals surface area contributed by atoms with Gasteiger partial charge in [-0.25, -0.2) is 4.39 Å². The molecule has 0 fully saturated rings. The smallest absolute Gasteiger partial charge is 0.169 e. The van der Waals surface area contributed by atoms with Gasteiger partial charge in [0.15, 0.2) is 5.78 Å². The molecule has 2 aromatic rings. The highest BCUT2D eigenvalue weighted by Crippen LogP contribution is 2.19. The topological polar surface area (TPSA) is 49.3 Å². The minimum absolute atomic E-state index is 0.0848. The third-order valence-electron chi connectivity index (χ3n) is 3.20. The first-order valence-electron chi connectivity index (χ1n) is 6.94. The highest BCUT2D eigenvalue weighted by Gasteiger charge is 2.14. The van der Waals surface area contributed by atoms with Crippen LogP contribution in [-0.2, 0) is 6.42 Å². The molecule has 0 amide bonds. The Morgan fingerprint density at radius 1 is 1.23 bits per heavy atom. The van der Waals surface area contributed by atoms with Crippen LogP contribution in [0.1, 0.15) is 15.9 Å². The number of alkyl halides is 1. The lowest BCUT2D eigenvalue weighted by Gasteiger charge is -2.14. The van der Waals surface area contributed by atoms with Gasteiger partial charge in [-0.2, -0.15) is 0 Å². The number of Topliss-reactive ketones (excluding diaryl/α,β-unsaturated/α-hetero) is 1. The van der Waals surface area contributed by atoms with Crippen LogP contribution in [0.4, 0.5) is 10.1 Å². The first-order valence-corrected chi connectivity index (χ1v) is 7.48. The summed E-state index contributed by atoms with van der Waals surface area (Å²) in [5, 5.41) is 12.4. The molecule has 0 aliphatic rings. The molecular formula is C17H17ClFNO2. The molecule has 5 heteroatoms. The number of hydrogen-bond donors (Lipinski definition) is 2. The summed E-state index contributed by atoms with van der Waals surface area (Å²) in [6.07, 6.45) is -0.541. The van der Waals surface area contributed by atoms with Gasteiger partial charge in [0.25, 0.3) is 0 Å². The van der Waals surface area contributed by atoms with E-state index in [1.165, 1.54) is 18.2 Å². The van der Waals surface area contributed by atoms with E-state index < -0.39 is 11.9 Å². The van der Waals surface area contributed by atoms with Crippen LogP contribution in [0.25, 0.3) is 0 Å². The first kappa shape index (κ1) is 16.5. The van der Waals surface area contributed by atoms with E-state index >= 15 is 0 Å². The van der Waals surface area contributed by atoms with Crippen molar-refractivity contribution in [1.29, 1.82) is 0 Å². The fourth-order valence-corrected chi connectivity index (χ4v) is 2.17. The van der Waals surface area contributed by atoms with Crippen molar-refractivity contribution in [1.82, 2.24) is 0 Å². The summed E-state index contributed by atoms with van der Waals surface area (Å²) in [5.41, 5.74) is 1.63. The Kier molecular flexibility index (Phi) is 5.92. The number of carbonyl (C=O) groups excluding carboxylic acids is 1. The lowest BCUT2D eigenvalue weighted by Crippen LogP contribution is -2.22. The number of carbonyl (C=O) groups is 1. The van der Waals surface area contributed by atoms with Crippen molar-refractivity contribution < 1.29 is 14.3 Å². The van der Waals surface area contributed by atoms with Crippen LogP contribution in [0.3, 0.4) is 0 Å². The van der Waals surface area contributed by atoms with E-state index in [0.29, 0.717) is 5.69 Å². The molecule has 0 saturated heterocycles. The third-order valence-corrected chi connectivity index (χ3v) is 3.55. The summed E-state index contributed by atoms with van der Waals surface area (Å²) in [7, 11) is 0. The largest absolute Gasteiger partial charge is 0.390 e. The van der Waals surface area contributed by atoms with Crippen molar-refractivity contribution in [2.45, 2.75) is 12.5 Å². The van der Waals surface area contributed by atoms with Gasteiger partial charge in [0.05, 0.1) is 12.0 Å². The van der Waals surface area contributed by atoms with Gasteiger partial charge in [-0.15, -0.1) is 11.6 Å².